The van der Waals surface area contributed by atoms with Crippen molar-refractivity contribution in [3.05, 3.63) is 0 Å². The van der Waals surface area contributed by atoms with Crippen molar-refractivity contribution in [2.24, 2.45) is 5.92 Å². The van der Waals surface area contributed by atoms with Crippen molar-refractivity contribution in [3.63, 3.8) is 0 Å². The van der Waals surface area contributed by atoms with Gasteiger partial charge in [-0.05, 0) is 58.5 Å². The molecule has 2 saturated heterocycles. The highest BCUT2D eigenvalue weighted by Crippen LogP contribution is 2.33. The van der Waals surface area contributed by atoms with E-state index >= 15 is 0 Å². The minimum absolute atomic E-state index is 0.223. The molecule has 5 nitrogen and oxygen atoms in total. The zero-order valence-electron chi connectivity index (χ0n) is 13.1. The Balaban J connectivity index is 1.95. The van der Waals surface area contributed by atoms with Gasteiger partial charge < -0.3 is 5.32 Å². The fraction of sp³-hybridized carbons (Fsp3) is 1.00. The molecule has 20 heavy (non-hydrogen) atoms. The average molecular weight is 303 g/mol. The van der Waals surface area contributed by atoms with Gasteiger partial charge in [-0.3, -0.25) is 0 Å². The number of nitrogens with one attached hydrogen (secondary N) is 1. The summed E-state index contributed by atoms with van der Waals surface area (Å²) in [5.41, 5.74) is -0.223. The van der Waals surface area contributed by atoms with Crippen molar-refractivity contribution in [2.75, 3.05) is 32.7 Å². The molecule has 0 amide bonds. The van der Waals surface area contributed by atoms with Crippen LogP contribution in [-0.2, 0) is 10.2 Å². The molecule has 0 aliphatic carbocycles. The van der Waals surface area contributed by atoms with Crippen LogP contribution in [0.2, 0.25) is 0 Å². The van der Waals surface area contributed by atoms with Crippen LogP contribution < -0.4 is 5.32 Å². The lowest BCUT2D eigenvalue weighted by Crippen LogP contribution is -2.52. The molecule has 2 aliphatic rings. The lowest BCUT2D eigenvalue weighted by molar-refractivity contribution is 0.225. The van der Waals surface area contributed by atoms with Crippen LogP contribution in [0.5, 0.6) is 0 Å². The Labute approximate surface area is 123 Å². The Morgan fingerprint density at radius 3 is 2.35 bits per heavy atom. The highest BCUT2D eigenvalue weighted by atomic mass is 32.2. The highest BCUT2D eigenvalue weighted by molar-refractivity contribution is 7.86. The molecule has 2 heterocycles. The van der Waals surface area contributed by atoms with Crippen LogP contribution in [0, 0.1) is 5.92 Å². The molecule has 0 bridgehead atoms. The molecule has 0 unspecified atom stereocenters. The van der Waals surface area contributed by atoms with Gasteiger partial charge in [-0.25, -0.2) is 0 Å². The number of hydrogen-bond acceptors (Lipinski definition) is 3. The Bertz CT molecular complexity index is 414. The standard InChI is InChI=1S/C14H29N3O2S/c1-4-15-12-13-6-10-16(11-7-13)20(18,19)17-9-5-8-14(17,2)3/h13,15H,4-12H2,1-3H3. The lowest BCUT2D eigenvalue weighted by Gasteiger charge is -2.38. The van der Waals surface area contributed by atoms with Crippen molar-refractivity contribution >= 4 is 10.2 Å². The zero-order chi connectivity index (χ0) is 14.8. The molecule has 118 valence electrons. The first-order valence-electron chi connectivity index (χ1n) is 7.86. The van der Waals surface area contributed by atoms with Gasteiger partial charge in [-0.15, -0.1) is 0 Å². The SMILES string of the molecule is CCNCC1CCN(S(=O)(=O)N2CCCC2(C)C)CC1. The summed E-state index contributed by atoms with van der Waals surface area (Å²) in [7, 11) is -3.27. The lowest BCUT2D eigenvalue weighted by atomic mass is 9.98. The molecule has 0 aromatic carbocycles. The van der Waals surface area contributed by atoms with Crippen LogP contribution in [0.15, 0.2) is 0 Å². The van der Waals surface area contributed by atoms with E-state index < -0.39 is 10.2 Å². The van der Waals surface area contributed by atoms with Crippen LogP contribution in [0.3, 0.4) is 0 Å². The first kappa shape index (κ1) is 16.2. The van der Waals surface area contributed by atoms with Crippen molar-refractivity contribution < 1.29 is 8.42 Å². The van der Waals surface area contributed by atoms with Crippen molar-refractivity contribution in [2.45, 2.75) is 52.0 Å². The van der Waals surface area contributed by atoms with Gasteiger partial charge in [0.15, 0.2) is 0 Å². The fourth-order valence-electron chi connectivity index (χ4n) is 3.34. The minimum atomic E-state index is -3.27. The fourth-order valence-corrected chi connectivity index (χ4v) is 5.37. The van der Waals surface area contributed by atoms with Crippen LogP contribution in [0.25, 0.3) is 0 Å². The third kappa shape index (κ3) is 3.35. The molecule has 0 saturated carbocycles. The first-order valence-corrected chi connectivity index (χ1v) is 9.26. The number of piperidine rings is 1. The van der Waals surface area contributed by atoms with E-state index in [4.69, 9.17) is 0 Å². The maximum atomic E-state index is 12.8. The average Bonchev–Trinajstić information content (AvgIpc) is 2.77. The van der Waals surface area contributed by atoms with E-state index in [9.17, 15) is 8.42 Å². The molecule has 0 spiro atoms. The van der Waals surface area contributed by atoms with Crippen LogP contribution in [0.1, 0.15) is 46.5 Å². The molecule has 6 heteroatoms. The first-order chi connectivity index (χ1) is 9.38. The molecule has 2 fully saturated rings. The van der Waals surface area contributed by atoms with Crippen LogP contribution in [0.4, 0.5) is 0 Å². The van der Waals surface area contributed by atoms with Gasteiger partial charge in [0.2, 0.25) is 0 Å². The monoisotopic (exact) mass is 303 g/mol. The Morgan fingerprint density at radius 1 is 1.20 bits per heavy atom. The zero-order valence-corrected chi connectivity index (χ0v) is 13.9. The maximum absolute atomic E-state index is 12.8. The topological polar surface area (TPSA) is 52.7 Å². The van der Waals surface area contributed by atoms with E-state index in [1.807, 2.05) is 13.8 Å². The van der Waals surface area contributed by atoms with Crippen LogP contribution in [-0.4, -0.2) is 55.3 Å². The van der Waals surface area contributed by atoms with E-state index in [-0.39, 0.29) is 5.54 Å². The number of rotatable bonds is 5. The summed E-state index contributed by atoms with van der Waals surface area (Å²) in [5.74, 6) is 0.619. The predicted octanol–water partition coefficient (Wildman–Crippen LogP) is 1.43. The molecule has 2 aliphatic heterocycles. The third-order valence-corrected chi connectivity index (χ3v) is 6.94. The van der Waals surface area contributed by atoms with E-state index in [1.165, 1.54) is 0 Å². The quantitative estimate of drug-likeness (QED) is 0.836. The van der Waals surface area contributed by atoms with Gasteiger partial charge in [0.05, 0.1) is 0 Å². The second-order valence-corrected chi connectivity index (χ2v) is 8.50. The third-order valence-electron chi connectivity index (χ3n) is 4.69. The Hall–Kier alpha value is -0.170. The summed E-state index contributed by atoms with van der Waals surface area (Å²) in [5, 5.41) is 3.36. The van der Waals surface area contributed by atoms with Crippen LogP contribution >= 0.6 is 0 Å². The summed E-state index contributed by atoms with van der Waals surface area (Å²) in [6, 6.07) is 0. The van der Waals surface area contributed by atoms with Gasteiger partial charge in [-0.1, -0.05) is 6.92 Å². The van der Waals surface area contributed by atoms with Crippen molar-refractivity contribution in [1.29, 1.82) is 0 Å². The smallest absolute Gasteiger partial charge is 0.282 e. The van der Waals surface area contributed by atoms with Gasteiger partial charge in [-0.2, -0.15) is 17.0 Å². The number of hydrogen-bond donors (Lipinski definition) is 1. The largest absolute Gasteiger partial charge is 0.317 e. The maximum Gasteiger partial charge on any atom is 0.282 e. The summed E-state index contributed by atoms with van der Waals surface area (Å²) < 4.78 is 28.9. The van der Waals surface area contributed by atoms with E-state index in [2.05, 4.69) is 12.2 Å². The molecule has 0 aromatic heterocycles. The molecule has 0 radical (unpaired) electrons. The van der Waals surface area contributed by atoms with E-state index in [0.717, 1.165) is 38.8 Å². The second kappa shape index (κ2) is 6.30. The highest BCUT2D eigenvalue weighted by Gasteiger charge is 2.43. The Kier molecular flexibility index (Phi) is 5.10. The summed E-state index contributed by atoms with van der Waals surface area (Å²) in [6.07, 6.45) is 3.88. The van der Waals surface area contributed by atoms with Gasteiger partial charge in [0, 0.05) is 25.2 Å². The van der Waals surface area contributed by atoms with Gasteiger partial charge in [0.25, 0.3) is 10.2 Å². The van der Waals surface area contributed by atoms with Crippen molar-refractivity contribution in [1.82, 2.24) is 13.9 Å². The van der Waals surface area contributed by atoms with E-state index in [0.29, 0.717) is 25.6 Å². The van der Waals surface area contributed by atoms with Crippen molar-refractivity contribution in [3.8, 4) is 0 Å². The van der Waals surface area contributed by atoms with Gasteiger partial charge >= 0.3 is 0 Å². The normalized spacial score (nSPS) is 26.1. The molecule has 0 atom stereocenters. The van der Waals surface area contributed by atoms with Gasteiger partial charge in [0.1, 0.15) is 0 Å². The minimum Gasteiger partial charge on any atom is -0.317 e. The molecule has 0 aromatic rings. The summed E-state index contributed by atoms with van der Waals surface area (Å²) >= 11 is 0. The summed E-state index contributed by atoms with van der Waals surface area (Å²) in [4.78, 5) is 0. The molecule has 2 rings (SSSR count). The molecular formula is C14H29N3O2S. The molecule has 1 N–H and O–H groups in total. The molecular weight excluding hydrogens is 274 g/mol. The summed E-state index contributed by atoms with van der Waals surface area (Å²) in [6.45, 7) is 10.2. The second-order valence-electron chi connectivity index (χ2n) is 6.65. The Morgan fingerprint density at radius 2 is 1.85 bits per heavy atom. The van der Waals surface area contributed by atoms with E-state index in [1.54, 1.807) is 8.61 Å². The predicted molar refractivity (Wildman–Crippen MR) is 81.8 cm³/mol. The number of nitrogens with zero attached hydrogens (tertiary/aromatic N) is 2.